The van der Waals surface area contributed by atoms with Crippen LogP contribution < -0.4 is 15.8 Å². The highest BCUT2D eigenvalue weighted by Crippen LogP contribution is 2.40. The first-order chi connectivity index (χ1) is 23.4. The van der Waals surface area contributed by atoms with E-state index in [1.807, 2.05) is 43.3 Å². The number of pyridine rings is 1. The normalized spacial score (nSPS) is 13.4. The fraction of sp³-hybridized carbons (Fsp3) is 0.375. The van der Waals surface area contributed by atoms with Crippen molar-refractivity contribution in [2.75, 3.05) is 19.0 Å². The predicted octanol–water partition coefficient (Wildman–Crippen LogP) is 9.14. The van der Waals surface area contributed by atoms with Crippen LogP contribution in [-0.4, -0.2) is 35.0 Å². The number of amides is 1. The fourth-order valence-electron chi connectivity index (χ4n) is 7.30. The molecular weight excluding hydrogens is 620 g/mol. The van der Waals surface area contributed by atoms with E-state index in [4.69, 9.17) is 27.1 Å². The van der Waals surface area contributed by atoms with Crippen LogP contribution in [-0.2, 0) is 17.6 Å². The number of ether oxygens (including phenoxy) is 1. The molecule has 0 spiro atoms. The summed E-state index contributed by atoms with van der Waals surface area (Å²) in [5.74, 6) is -0.0489. The summed E-state index contributed by atoms with van der Waals surface area (Å²) in [6.07, 6.45) is 10.9. The summed E-state index contributed by atoms with van der Waals surface area (Å²) in [4.78, 5) is 33.9. The first-order valence-corrected chi connectivity index (χ1v) is 17.7. The van der Waals surface area contributed by atoms with Crippen molar-refractivity contribution in [3.8, 4) is 5.75 Å². The molecule has 2 aromatic heterocycles. The van der Waals surface area contributed by atoms with Gasteiger partial charge in [-0.05, 0) is 112 Å². The maximum Gasteiger partial charge on any atom is 0.262 e. The SMILES string of the molecule is COc1ccc2c(c1)c(C(CCCCCCCCN)C(=O)Nc1c3c(nc4ccccc14)CCCC3)c(C)n2C(=O)c1ccc(Cl)cc1. The Morgan fingerprint density at radius 1 is 0.938 bits per heavy atom. The number of unbranched alkanes of at least 4 members (excludes halogenated alkanes) is 5. The smallest absolute Gasteiger partial charge is 0.262 e. The number of hydrogen-bond donors (Lipinski definition) is 2. The molecule has 0 fully saturated rings. The fourth-order valence-corrected chi connectivity index (χ4v) is 7.43. The molecule has 8 heteroatoms. The lowest BCUT2D eigenvalue weighted by molar-refractivity contribution is -0.117. The standard InChI is InChI=1S/C40H45ClN4O3/c1-26-37(33-25-29(48-2)22-23-36(33)45(26)40(47)27-18-20-28(41)21-19-27)32(15-7-5-3-4-6-12-24-42)39(46)44-38-30-13-8-10-16-34(30)43-35-17-11-9-14-31(35)38/h8,10,13,16,18-23,25,32H,3-7,9,11-12,14-15,17,24,42H2,1-2H3,(H,43,44,46). The number of nitrogens with zero attached hydrogens (tertiary/aromatic N) is 2. The van der Waals surface area contributed by atoms with E-state index in [1.54, 1.807) is 35.9 Å². The van der Waals surface area contributed by atoms with E-state index in [9.17, 15) is 9.59 Å². The van der Waals surface area contributed by atoms with Crippen LogP contribution in [0, 0.1) is 6.92 Å². The number of nitrogens with two attached hydrogens (primary N) is 1. The molecule has 0 saturated carbocycles. The van der Waals surface area contributed by atoms with Gasteiger partial charge >= 0.3 is 0 Å². The van der Waals surface area contributed by atoms with Gasteiger partial charge in [0.25, 0.3) is 5.91 Å². The Balaban J connectivity index is 1.44. The van der Waals surface area contributed by atoms with Crippen molar-refractivity contribution in [2.24, 2.45) is 5.73 Å². The van der Waals surface area contributed by atoms with Crippen LogP contribution in [0.1, 0.15) is 96.6 Å². The summed E-state index contributed by atoms with van der Waals surface area (Å²) in [7, 11) is 1.64. The summed E-state index contributed by atoms with van der Waals surface area (Å²) in [5.41, 5.74) is 12.6. The Bertz CT molecular complexity index is 1930. The third-order valence-electron chi connectivity index (χ3n) is 9.78. The third kappa shape index (κ3) is 6.99. The van der Waals surface area contributed by atoms with Gasteiger partial charge in [-0.3, -0.25) is 19.1 Å². The molecule has 1 amide bonds. The molecule has 3 aromatic carbocycles. The largest absolute Gasteiger partial charge is 0.497 e. The third-order valence-corrected chi connectivity index (χ3v) is 10.0. The zero-order valence-corrected chi connectivity index (χ0v) is 28.7. The number of carbonyl (C=O) groups is 2. The lowest BCUT2D eigenvalue weighted by Gasteiger charge is -2.24. The van der Waals surface area contributed by atoms with Crippen molar-refractivity contribution in [1.29, 1.82) is 0 Å². The van der Waals surface area contributed by atoms with Gasteiger partial charge in [0.1, 0.15) is 5.75 Å². The van der Waals surface area contributed by atoms with Crippen molar-refractivity contribution < 1.29 is 14.3 Å². The average Bonchev–Trinajstić information content (AvgIpc) is 3.39. The molecule has 250 valence electrons. The lowest BCUT2D eigenvalue weighted by atomic mass is 9.88. The van der Waals surface area contributed by atoms with Gasteiger partial charge in [0.2, 0.25) is 5.91 Å². The lowest BCUT2D eigenvalue weighted by Crippen LogP contribution is -2.24. The van der Waals surface area contributed by atoms with Gasteiger partial charge in [-0.25, -0.2) is 0 Å². The molecule has 0 saturated heterocycles. The van der Waals surface area contributed by atoms with E-state index in [0.717, 1.165) is 121 Å². The number of aryl methyl sites for hydroxylation is 1. The maximum atomic E-state index is 14.8. The zero-order chi connectivity index (χ0) is 33.6. The number of nitrogens with one attached hydrogen (secondary N) is 1. The van der Waals surface area contributed by atoms with E-state index in [2.05, 4.69) is 11.4 Å². The molecule has 1 unspecified atom stereocenters. The first kappa shape index (κ1) is 33.7. The summed E-state index contributed by atoms with van der Waals surface area (Å²) >= 11 is 6.16. The quantitative estimate of drug-likeness (QED) is 0.122. The van der Waals surface area contributed by atoms with Gasteiger partial charge in [0, 0.05) is 32.7 Å². The zero-order valence-electron chi connectivity index (χ0n) is 28.0. The number of benzene rings is 3. The second kappa shape index (κ2) is 15.3. The molecule has 1 aliphatic rings. The number of halogens is 1. The second-order valence-electron chi connectivity index (χ2n) is 12.9. The molecule has 0 radical (unpaired) electrons. The van der Waals surface area contributed by atoms with Gasteiger partial charge in [0.15, 0.2) is 0 Å². The minimum absolute atomic E-state index is 0.0637. The highest BCUT2D eigenvalue weighted by molar-refractivity contribution is 6.30. The number of rotatable bonds is 13. The van der Waals surface area contributed by atoms with Crippen LogP contribution in [0.25, 0.3) is 21.8 Å². The van der Waals surface area contributed by atoms with E-state index >= 15 is 0 Å². The molecule has 7 nitrogen and oxygen atoms in total. The van der Waals surface area contributed by atoms with Crippen LogP contribution in [0.4, 0.5) is 5.69 Å². The van der Waals surface area contributed by atoms with Gasteiger partial charge in [-0.15, -0.1) is 0 Å². The summed E-state index contributed by atoms with van der Waals surface area (Å²) < 4.78 is 7.39. The van der Waals surface area contributed by atoms with Crippen LogP contribution in [0.2, 0.25) is 5.02 Å². The summed E-state index contributed by atoms with van der Waals surface area (Å²) in [6.45, 7) is 2.67. The van der Waals surface area contributed by atoms with Gasteiger partial charge < -0.3 is 15.8 Å². The van der Waals surface area contributed by atoms with Crippen molar-refractivity contribution in [2.45, 2.75) is 83.5 Å². The molecule has 48 heavy (non-hydrogen) atoms. The Morgan fingerprint density at radius 2 is 1.67 bits per heavy atom. The molecular formula is C40H45ClN4O3. The highest BCUT2D eigenvalue weighted by Gasteiger charge is 2.31. The highest BCUT2D eigenvalue weighted by atomic mass is 35.5. The molecule has 5 aromatic rings. The number of methoxy groups -OCH3 is 1. The molecule has 0 bridgehead atoms. The Morgan fingerprint density at radius 3 is 2.44 bits per heavy atom. The molecule has 2 heterocycles. The molecule has 1 aliphatic carbocycles. The maximum absolute atomic E-state index is 14.8. The summed E-state index contributed by atoms with van der Waals surface area (Å²) in [5, 5.41) is 5.82. The number of aromatic nitrogens is 2. The number of anilines is 1. The average molecular weight is 665 g/mol. The number of para-hydroxylation sites is 1. The van der Waals surface area contributed by atoms with Crippen LogP contribution in [0.15, 0.2) is 66.7 Å². The van der Waals surface area contributed by atoms with Gasteiger partial charge in [0.05, 0.1) is 29.7 Å². The van der Waals surface area contributed by atoms with Crippen molar-refractivity contribution in [3.63, 3.8) is 0 Å². The van der Waals surface area contributed by atoms with Crippen molar-refractivity contribution in [3.05, 3.63) is 99.8 Å². The van der Waals surface area contributed by atoms with Crippen LogP contribution >= 0.6 is 11.6 Å². The van der Waals surface area contributed by atoms with E-state index in [0.29, 0.717) is 22.8 Å². The van der Waals surface area contributed by atoms with E-state index in [-0.39, 0.29) is 11.8 Å². The Kier molecular flexibility index (Phi) is 10.8. The van der Waals surface area contributed by atoms with Crippen LogP contribution in [0.3, 0.4) is 0 Å². The van der Waals surface area contributed by atoms with Crippen molar-refractivity contribution in [1.82, 2.24) is 9.55 Å². The molecule has 6 rings (SSSR count). The molecule has 1 atom stereocenters. The number of hydrogen-bond acceptors (Lipinski definition) is 5. The monoisotopic (exact) mass is 664 g/mol. The summed E-state index contributed by atoms with van der Waals surface area (Å²) in [6, 6.07) is 20.7. The molecule has 0 aliphatic heterocycles. The van der Waals surface area contributed by atoms with Crippen molar-refractivity contribution >= 4 is 50.9 Å². The topological polar surface area (TPSA) is 99.2 Å². The first-order valence-electron chi connectivity index (χ1n) is 17.3. The number of fused-ring (bicyclic) bond motifs is 3. The Hall–Kier alpha value is -4.20. The Labute approximate surface area is 287 Å². The van der Waals surface area contributed by atoms with Gasteiger partial charge in [-0.2, -0.15) is 0 Å². The minimum Gasteiger partial charge on any atom is -0.497 e. The van der Waals surface area contributed by atoms with E-state index < -0.39 is 5.92 Å². The predicted molar refractivity (Wildman–Crippen MR) is 196 cm³/mol. The van der Waals surface area contributed by atoms with Crippen LogP contribution in [0.5, 0.6) is 5.75 Å². The minimum atomic E-state index is -0.492. The second-order valence-corrected chi connectivity index (χ2v) is 13.3. The number of carbonyl (C=O) groups excluding carboxylic acids is 2. The molecule has 3 N–H and O–H groups in total. The van der Waals surface area contributed by atoms with E-state index in [1.165, 1.54) is 0 Å². The van der Waals surface area contributed by atoms with Gasteiger partial charge in [-0.1, -0.05) is 61.9 Å².